The molecular formula is C8H19K2O5P. The van der Waals surface area contributed by atoms with Crippen LogP contribution in [-0.2, 0) is 4.57 Å². The molecule has 0 aromatic heterocycles. The molecule has 5 nitrogen and oxygen atoms in total. The molecule has 0 aromatic rings. The van der Waals surface area contributed by atoms with Crippen LogP contribution >= 0.6 is 7.82 Å². The van der Waals surface area contributed by atoms with Crippen LogP contribution in [0.4, 0.5) is 0 Å². The monoisotopic (exact) mass is 304 g/mol. The quantitative estimate of drug-likeness (QED) is 0.389. The van der Waals surface area contributed by atoms with Crippen LogP contribution in [0.25, 0.3) is 0 Å². The maximum absolute atomic E-state index is 8.75. The number of hydrogen-bond donors (Lipinski definition) is 2. The number of phosphoric acid groups is 1. The minimum atomic E-state index is -5.14. The van der Waals surface area contributed by atoms with E-state index in [9.17, 15) is 0 Å². The zero-order chi connectivity index (χ0) is 11.6. The second-order valence-electron chi connectivity index (χ2n) is 3.07. The molecule has 16 heavy (non-hydrogen) atoms. The third-order valence-corrected chi connectivity index (χ3v) is 1.80. The fourth-order valence-corrected chi connectivity index (χ4v) is 0.917. The summed E-state index contributed by atoms with van der Waals surface area (Å²) in [4.78, 5) is 24.3. The summed E-state index contributed by atoms with van der Waals surface area (Å²) in [6, 6.07) is 0. The standard InChI is InChI=1S/C8H18O.2K.H3O4P/c1-3-5-6-8(4-2)7-9;;;1-5(2,3)4/h8-9H,3-7H2,1-2H3;;;(H3,1,2,3,4)/q;2*+1;/p-2. The summed E-state index contributed by atoms with van der Waals surface area (Å²) in [5.74, 6) is 0.560. The van der Waals surface area contributed by atoms with E-state index in [1.54, 1.807) is 0 Å². The average Bonchev–Trinajstić information content (AvgIpc) is 2.04. The first-order chi connectivity index (χ1) is 6.35. The van der Waals surface area contributed by atoms with Crippen LogP contribution in [0.1, 0.15) is 39.5 Å². The Labute approximate surface area is 183 Å². The molecule has 0 saturated carbocycles. The molecule has 8 heteroatoms. The van der Waals surface area contributed by atoms with E-state index in [1.165, 1.54) is 19.3 Å². The van der Waals surface area contributed by atoms with Crippen LogP contribution in [0.2, 0.25) is 0 Å². The molecule has 0 aromatic carbocycles. The van der Waals surface area contributed by atoms with Gasteiger partial charge in [0.2, 0.25) is 0 Å². The second-order valence-corrected chi connectivity index (χ2v) is 4.00. The van der Waals surface area contributed by atoms with Crippen LogP contribution in [0.15, 0.2) is 0 Å². The Bertz CT molecular complexity index is 152. The van der Waals surface area contributed by atoms with Crippen LogP contribution in [0.3, 0.4) is 0 Å². The third-order valence-electron chi connectivity index (χ3n) is 1.80. The van der Waals surface area contributed by atoms with Gasteiger partial charge in [0.15, 0.2) is 0 Å². The fraction of sp³-hybridized carbons (Fsp3) is 1.00. The van der Waals surface area contributed by atoms with Crippen molar-refractivity contribution >= 4 is 7.82 Å². The Morgan fingerprint density at radius 3 is 1.81 bits per heavy atom. The predicted octanol–water partition coefficient (Wildman–Crippen LogP) is -5.99. The van der Waals surface area contributed by atoms with Gasteiger partial charge < -0.3 is 24.4 Å². The Morgan fingerprint density at radius 1 is 1.25 bits per heavy atom. The van der Waals surface area contributed by atoms with Gasteiger partial charge in [0.25, 0.3) is 0 Å². The summed E-state index contributed by atoms with van der Waals surface area (Å²) < 4.78 is 8.66. The number of aliphatic hydroxyl groups is 1. The van der Waals surface area contributed by atoms with E-state index in [1.807, 2.05) is 0 Å². The van der Waals surface area contributed by atoms with Gasteiger partial charge in [-0.05, 0) is 12.3 Å². The Hall–Kier alpha value is 3.34. The zero-order valence-corrected chi connectivity index (χ0v) is 17.8. The molecule has 0 fully saturated rings. The van der Waals surface area contributed by atoms with E-state index in [0.29, 0.717) is 12.5 Å². The van der Waals surface area contributed by atoms with E-state index < -0.39 is 7.82 Å². The number of rotatable bonds is 5. The average molecular weight is 304 g/mol. The third kappa shape index (κ3) is 36.0. The molecule has 0 aliphatic rings. The molecule has 1 atom stereocenters. The summed E-state index contributed by atoms with van der Waals surface area (Å²) in [6.07, 6.45) is 4.83. The van der Waals surface area contributed by atoms with Crippen molar-refractivity contribution in [3.63, 3.8) is 0 Å². The van der Waals surface area contributed by atoms with Crippen LogP contribution in [0.5, 0.6) is 0 Å². The van der Waals surface area contributed by atoms with Crippen molar-refractivity contribution in [3.8, 4) is 0 Å². The molecule has 0 heterocycles. The van der Waals surface area contributed by atoms with Crippen LogP contribution in [-0.4, -0.2) is 16.6 Å². The molecule has 0 amide bonds. The minimum absolute atomic E-state index is 0. The first-order valence-electron chi connectivity index (χ1n) is 4.70. The molecule has 0 spiro atoms. The van der Waals surface area contributed by atoms with Gasteiger partial charge in [-0.3, -0.25) is 0 Å². The molecule has 88 valence electrons. The van der Waals surface area contributed by atoms with Gasteiger partial charge in [0.05, 0.1) is 7.82 Å². The SMILES string of the molecule is CCCCC(CC)CO.O=P([O-])([O-])O.[K+].[K+]. The molecule has 0 bridgehead atoms. The van der Waals surface area contributed by atoms with Crippen molar-refractivity contribution in [1.82, 2.24) is 0 Å². The zero-order valence-electron chi connectivity index (χ0n) is 10.7. The van der Waals surface area contributed by atoms with Crippen molar-refractivity contribution in [2.45, 2.75) is 39.5 Å². The van der Waals surface area contributed by atoms with Gasteiger partial charge >= 0.3 is 103 Å². The number of hydrogen-bond acceptors (Lipinski definition) is 4. The van der Waals surface area contributed by atoms with E-state index in [-0.39, 0.29) is 103 Å². The summed E-state index contributed by atoms with van der Waals surface area (Å²) in [7, 11) is -5.14. The van der Waals surface area contributed by atoms with Gasteiger partial charge in [0, 0.05) is 6.61 Å². The van der Waals surface area contributed by atoms with Crippen molar-refractivity contribution in [1.29, 1.82) is 0 Å². The van der Waals surface area contributed by atoms with Crippen molar-refractivity contribution in [2.75, 3.05) is 6.61 Å². The molecule has 0 aliphatic heterocycles. The van der Waals surface area contributed by atoms with E-state index in [4.69, 9.17) is 24.4 Å². The molecule has 0 rings (SSSR count). The van der Waals surface area contributed by atoms with Gasteiger partial charge in [-0.1, -0.05) is 33.1 Å². The molecular weight excluding hydrogens is 285 g/mol. The first-order valence-corrected chi connectivity index (χ1v) is 6.20. The Kier molecular flexibility index (Phi) is 31.7. The first kappa shape index (κ1) is 27.6. The predicted molar refractivity (Wildman–Crippen MR) is 50.2 cm³/mol. The van der Waals surface area contributed by atoms with Crippen molar-refractivity contribution in [2.24, 2.45) is 5.92 Å². The summed E-state index contributed by atoms with van der Waals surface area (Å²) in [6.45, 7) is 4.69. The Balaban J connectivity index is -0.0000000904. The smallest absolute Gasteiger partial charge is 0.790 e. The molecule has 0 saturated heterocycles. The minimum Gasteiger partial charge on any atom is -0.790 e. The van der Waals surface area contributed by atoms with Gasteiger partial charge in [-0.25, -0.2) is 0 Å². The summed E-state index contributed by atoms with van der Waals surface area (Å²) >= 11 is 0. The van der Waals surface area contributed by atoms with Gasteiger partial charge in [-0.15, -0.1) is 0 Å². The van der Waals surface area contributed by atoms with E-state index in [0.717, 1.165) is 6.42 Å². The molecule has 1 unspecified atom stereocenters. The molecule has 2 N–H and O–H groups in total. The normalized spacial score (nSPS) is 11.4. The second kappa shape index (κ2) is 18.3. The Morgan fingerprint density at radius 2 is 1.62 bits per heavy atom. The number of aliphatic hydroxyl groups excluding tert-OH is 1. The summed E-state index contributed by atoms with van der Waals surface area (Å²) in [5.41, 5.74) is 0. The van der Waals surface area contributed by atoms with Crippen LogP contribution < -0.4 is 113 Å². The largest absolute Gasteiger partial charge is 1.00 e. The van der Waals surface area contributed by atoms with Gasteiger partial charge in [-0.2, -0.15) is 0 Å². The maximum Gasteiger partial charge on any atom is 1.00 e. The molecule has 0 aliphatic carbocycles. The topological polar surface area (TPSA) is 104 Å². The van der Waals surface area contributed by atoms with Crippen LogP contribution in [0, 0.1) is 5.92 Å². The van der Waals surface area contributed by atoms with Gasteiger partial charge in [0.1, 0.15) is 0 Å². The molecule has 0 radical (unpaired) electrons. The van der Waals surface area contributed by atoms with E-state index >= 15 is 0 Å². The fourth-order valence-electron chi connectivity index (χ4n) is 0.917. The van der Waals surface area contributed by atoms with Crippen molar-refractivity contribution in [3.05, 3.63) is 0 Å². The summed E-state index contributed by atoms with van der Waals surface area (Å²) in [5, 5.41) is 8.75. The van der Waals surface area contributed by atoms with E-state index in [2.05, 4.69) is 13.8 Å². The number of unbranched alkanes of at least 4 members (excludes halogenated alkanes) is 1. The maximum atomic E-state index is 8.75. The van der Waals surface area contributed by atoms with Crippen molar-refractivity contribution < 1.29 is 127 Å².